The molecule has 0 unspecified atom stereocenters. The van der Waals surface area contributed by atoms with Crippen molar-refractivity contribution in [1.82, 2.24) is 24.1 Å². The molecule has 0 atom stereocenters. The van der Waals surface area contributed by atoms with E-state index in [1.807, 2.05) is 36.4 Å². The van der Waals surface area contributed by atoms with E-state index in [2.05, 4.69) is 175 Å². The smallest absolute Gasteiger partial charge is 0.238 e. The van der Waals surface area contributed by atoms with Crippen LogP contribution in [0.15, 0.2) is 188 Å². The lowest BCUT2D eigenvalue weighted by atomic mass is 9.82. The minimum atomic E-state index is -0.199. The summed E-state index contributed by atoms with van der Waals surface area (Å²) < 4.78 is 4.75. The molecule has 0 spiro atoms. The average molecular weight is 756 g/mol. The molecular weight excluding hydrogens is 719 g/mol. The summed E-state index contributed by atoms with van der Waals surface area (Å²) in [5.74, 6) is 1.83. The van der Waals surface area contributed by atoms with E-state index in [0.29, 0.717) is 17.6 Å². The van der Waals surface area contributed by atoms with Gasteiger partial charge in [-0.2, -0.15) is 9.97 Å². The summed E-state index contributed by atoms with van der Waals surface area (Å²) in [7, 11) is 0. The monoisotopic (exact) mass is 755 g/mol. The summed E-state index contributed by atoms with van der Waals surface area (Å²) in [6.07, 6.45) is 0. The summed E-state index contributed by atoms with van der Waals surface area (Å²) in [5.41, 5.74) is 14.7. The molecule has 59 heavy (non-hydrogen) atoms. The molecule has 12 rings (SSSR count). The maximum atomic E-state index is 5.38. The predicted molar refractivity (Wildman–Crippen MR) is 242 cm³/mol. The second kappa shape index (κ2) is 12.7. The highest BCUT2D eigenvalue weighted by Crippen LogP contribution is 2.52. The van der Waals surface area contributed by atoms with Gasteiger partial charge < -0.3 is 4.57 Å². The van der Waals surface area contributed by atoms with Gasteiger partial charge in [0.15, 0.2) is 11.6 Å². The first kappa shape index (κ1) is 33.5. The van der Waals surface area contributed by atoms with Gasteiger partial charge in [-0.3, -0.25) is 4.57 Å². The zero-order chi connectivity index (χ0) is 39.2. The Balaban J connectivity index is 1.24. The number of para-hydroxylation sites is 1. The average Bonchev–Trinajstić information content (AvgIpc) is 3.89. The van der Waals surface area contributed by atoms with Crippen molar-refractivity contribution in [2.24, 2.45) is 0 Å². The molecule has 0 radical (unpaired) electrons. The van der Waals surface area contributed by atoms with Crippen molar-refractivity contribution in [3.63, 3.8) is 0 Å². The van der Waals surface area contributed by atoms with Gasteiger partial charge >= 0.3 is 0 Å². The molecule has 0 fully saturated rings. The highest BCUT2D eigenvalue weighted by Gasteiger charge is 2.36. The Labute approximate surface area is 341 Å². The first-order valence-corrected chi connectivity index (χ1v) is 20.2. The zero-order valence-electron chi connectivity index (χ0n) is 32.6. The van der Waals surface area contributed by atoms with Crippen molar-refractivity contribution in [3.05, 3.63) is 199 Å². The van der Waals surface area contributed by atoms with E-state index in [1.165, 1.54) is 44.2 Å². The molecule has 8 aromatic carbocycles. The molecule has 1 aliphatic carbocycles. The number of aromatic nitrogens is 5. The number of benzene rings is 8. The fourth-order valence-electron chi connectivity index (χ4n) is 9.55. The van der Waals surface area contributed by atoms with Crippen LogP contribution in [0.25, 0.3) is 100 Å². The van der Waals surface area contributed by atoms with Crippen LogP contribution in [0.1, 0.15) is 25.0 Å². The Morgan fingerprint density at radius 1 is 0.373 bits per heavy atom. The minimum Gasteiger partial charge on any atom is -0.307 e. The molecule has 1 aliphatic rings. The molecule has 3 aromatic heterocycles. The van der Waals surface area contributed by atoms with Gasteiger partial charge in [-0.1, -0.05) is 172 Å². The van der Waals surface area contributed by atoms with E-state index in [9.17, 15) is 0 Å². The molecule has 0 N–H and O–H groups in total. The van der Waals surface area contributed by atoms with Gasteiger partial charge in [-0.25, -0.2) is 4.98 Å². The van der Waals surface area contributed by atoms with E-state index >= 15 is 0 Å². The first-order valence-electron chi connectivity index (χ1n) is 20.2. The quantitative estimate of drug-likeness (QED) is 0.176. The Kier molecular flexibility index (Phi) is 7.20. The van der Waals surface area contributed by atoms with Crippen LogP contribution in [0.3, 0.4) is 0 Å². The van der Waals surface area contributed by atoms with E-state index in [-0.39, 0.29) is 5.41 Å². The van der Waals surface area contributed by atoms with Crippen LogP contribution in [-0.2, 0) is 5.41 Å². The molecular formula is C54H37N5. The van der Waals surface area contributed by atoms with Crippen LogP contribution in [0, 0.1) is 0 Å². The molecule has 0 saturated heterocycles. The molecule has 3 heterocycles. The SMILES string of the molecule is CC1(C)c2ccccc2-c2cc3c4ccc5c6ccccc6n(-c6ccc(-c7ccccc7)cc6)c5c4n(-c4nc(-c5ccccc5)nc(-c5ccccc5)n4)c3cc21. The number of fused-ring (bicyclic) bond motifs is 10. The second-order valence-electron chi connectivity index (χ2n) is 16.1. The van der Waals surface area contributed by atoms with Crippen LogP contribution >= 0.6 is 0 Å². The topological polar surface area (TPSA) is 48.5 Å². The van der Waals surface area contributed by atoms with Crippen molar-refractivity contribution >= 4 is 43.6 Å². The Bertz CT molecular complexity index is 3380. The van der Waals surface area contributed by atoms with Gasteiger partial charge in [0.1, 0.15) is 0 Å². The predicted octanol–water partition coefficient (Wildman–Crippen LogP) is 13.4. The third kappa shape index (κ3) is 5.01. The maximum Gasteiger partial charge on any atom is 0.238 e. The molecule has 5 nitrogen and oxygen atoms in total. The van der Waals surface area contributed by atoms with Gasteiger partial charge in [0.05, 0.1) is 22.1 Å². The van der Waals surface area contributed by atoms with E-state index in [0.717, 1.165) is 49.7 Å². The van der Waals surface area contributed by atoms with Crippen LogP contribution in [0.4, 0.5) is 0 Å². The zero-order valence-corrected chi connectivity index (χ0v) is 32.6. The number of rotatable bonds is 5. The Hall–Kier alpha value is -7.63. The third-order valence-electron chi connectivity index (χ3n) is 12.4. The van der Waals surface area contributed by atoms with Crippen molar-refractivity contribution in [3.8, 4) is 56.7 Å². The van der Waals surface area contributed by atoms with Crippen molar-refractivity contribution in [2.75, 3.05) is 0 Å². The minimum absolute atomic E-state index is 0.199. The lowest BCUT2D eigenvalue weighted by molar-refractivity contribution is 0.661. The fraction of sp³-hybridized carbons (Fsp3) is 0.0556. The van der Waals surface area contributed by atoms with E-state index in [1.54, 1.807) is 0 Å². The summed E-state index contributed by atoms with van der Waals surface area (Å²) in [5, 5.41) is 4.66. The second-order valence-corrected chi connectivity index (χ2v) is 16.1. The van der Waals surface area contributed by atoms with Crippen LogP contribution in [0.2, 0.25) is 0 Å². The Morgan fingerprint density at radius 3 is 1.59 bits per heavy atom. The van der Waals surface area contributed by atoms with Crippen molar-refractivity contribution in [1.29, 1.82) is 0 Å². The van der Waals surface area contributed by atoms with Crippen molar-refractivity contribution in [2.45, 2.75) is 19.3 Å². The van der Waals surface area contributed by atoms with Crippen molar-refractivity contribution < 1.29 is 0 Å². The number of hydrogen-bond donors (Lipinski definition) is 0. The fourth-order valence-corrected chi connectivity index (χ4v) is 9.55. The molecule has 11 aromatic rings. The van der Waals surface area contributed by atoms with Gasteiger partial charge in [0.2, 0.25) is 5.95 Å². The number of hydrogen-bond acceptors (Lipinski definition) is 3. The van der Waals surface area contributed by atoms with Crippen LogP contribution in [0.5, 0.6) is 0 Å². The molecule has 5 heteroatoms. The lowest BCUT2D eigenvalue weighted by Gasteiger charge is -2.21. The van der Waals surface area contributed by atoms with Gasteiger partial charge in [-0.15, -0.1) is 0 Å². The van der Waals surface area contributed by atoms with Gasteiger partial charge in [0.25, 0.3) is 0 Å². The molecule has 0 saturated carbocycles. The summed E-state index contributed by atoms with van der Waals surface area (Å²) in [4.78, 5) is 15.9. The summed E-state index contributed by atoms with van der Waals surface area (Å²) in [6.45, 7) is 4.69. The molecule has 278 valence electrons. The third-order valence-corrected chi connectivity index (χ3v) is 12.4. The van der Waals surface area contributed by atoms with E-state index in [4.69, 9.17) is 15.0 Å². The molecule has 0 aliphatic heterocycles. The highest BCUT2D eigenvalue weighted by molar-refractivity contribution is 6.24. The highest BCUT2D eigenvalue weighted by atomic mass is 15.2. The largest absolute Gasteiger partial charge is 0.307 e. The maximum absolute atomic E-state index is 5.38. The molecule has 0 bridgehead atoms. The van der Waals surface area contributed by atoms with Crippen LogP contribution in [-0.4, -0.2) is 24.1 Å². The standard InChI is InChI=1S/C54H37N5/c1-54(2)45-24-14-12-22-39(45)43-32-44-42-31-30-41-40-23-13-15-25-47(40)58(38-28-26-35(27-29-38)34-16-6-3-7-17-34)49(41)50(42)59(48(44)33-46(43)54)53-56-51(36-18-8-4-9-19-36)55-52(57-53)37-20-10-5-11-21-37/h3-33H,1-2H3. The van der Waals surface area contributed by atoms with Crippen LogP contribution < -0.4 is 0 Å². The summed E-state index contributed by atoms with van der Waals surface area (Å²) >= 11 is 0. The van der Waals surface area contributed by atoms with Gasteiger partial charge in [-0.05, 0) is 63.7 Å². The summed E-state index contributed by atoms with van der Waals surface area (Å²) in [6, 6.07) is 67.1. The Morgan fingerprint density at radius 2 is 0.915 bits per heavy atom. The number of nitrogens with zero attached hydrogens (tertiary/aromatic N) is 5. The first-order chi connectivity index (χ1) is 29.0. The normalized spacial score (nSPS) is 13.1. The lowest BCUT2D eigenvalue weighted by Crippen LogP contribution is -2.15. The van der Waals surface area contributed by atoms with Gasteiger partial charge in [0, 0.05) is 43.8 Å². The molecule has 0 amide bonds. The van der Waals surface area contributed by atoms with E-state index < -0.39 is 0 Å².